The predicted molar refractivity (Wildman–Crippen MR) is 62.5 cm³/mol. The Bertz CT molecular complexity index is 351. The number of fused-ring (bicyclic) bond motifs is 2. The molecule has 16 heavy (non-hydrogen) atoms. The quantitative estimate of drug-likeness (QED) is 0.845. The van der Waals surface area contributed by atoms with Crippen molar-refractivity contribution in [1.29, 1.82) is 0 Å². The van der Waals surface area contributed by atoms with E-state index in [4.69, 9.17) is 5.73 Å². The lowest BCUT2D eigenvalue weighted by molar-refractivity contribution is 0.296. The summed E-state index contributed by atoms with van der Waals surface area (Å²) in [5.41, 5.74) is 7.31. The fraction of sp³-hybridized carbons (Fsp3) is 0.692. The van der Waals surface area contributed by atoms with Gasteiger partial charge >= 0.3 is 0 Å². The Morgan fingerprint density at radius 3 is 2.69 bits per heavy atom. The van der Waals surface area contributed by atoms with E-state index in [9.17, 15) is 0 Å². The van der Waals surface area contributed by atoms with Crippen molar-refractivity contribution >= 4 is 0 Å². The van der Waals surface area contributed by atoms with E-state index in [1.165, 1.54) is 25.7 Å². The van der Waals surface area contributed by atoms with Crippen LogP contribution in [-0.4, -0.2) is 9.97 Å². The van der Waals surface area contributed by atoms with Crippen molar-refractivity contribution in [2.24, 2.45) is 23.5 Å². The molecule has 0 aromatic carbocycles. The van der Waals surface area contributed by atoms with Gasteiger partial charge in [0.2, 0.25) is 0 Å². The molecule has 2 N–H and O–H groups in total. The summed E-state index contributed by atoms with van der Waals surface area (Å²) < 4.78 is 0. The third-order valence-corrected chi connectivity index (χ3v) is 4.45. The van der Waals surface area contributed by atoms with Crippen molar-refractivity contribution in [1.82, 2.24) is 9.97 Å². The van der Waals surface area contributed by atoms with Gasteiger partial charge in [0.15, 0.2) is 0 Å². The Kier molecular flexibility index (Phi) is 2.64. The molecule has 0 spiro atoms. The second kappa shape index (κ2) is 4.13. The van der Waals surface area contributed by atoms with Gasteiger partial charge in [0.05, 0.1) is 0 Å². The van der Waals surface area contributed by atoms with Crippen LogP contribution in [0, 0.1) is 17.8 Å². The monoisotopic (exact) mass is 217 g/mol. The third-order valence-electron chi connectivity index (χ3n) is 4.45. The molecule has 3 rings (SSSR count). The zero-order valence-corrected chi connectivity index (χ0v) is 9.55. The molecular formula is C13H19N3. The van der Waals surface area contributed by atoms with Crippen molar-refractivity contribution in [3.05, 3.63) is 24.3 Å². The molecule has 2 fully saturated rings. The first-order chi connectivity index (χ1) is 7.83. The summed E-state index contributed by atoms with van der Waals surface area (Å²) in [7, 11) is 0. The molecule has 1 aromatic rings. The number of rotatable bonds is 3. The minimum Gasteiger partial charge on any atom is -0.324 e. The number of aromatic nitrogens is 2. The highest BCUT2D eigenvalue weighted by Gasteiger charge is 2.39. The molecule has 0 saturated heterocycles. The van der Waals surface area contributed by atoms with Gasteiger partial charge in [-0.25, -0.2) is 9.97 Å². The van der Waals surface area contributed by atoms with E-state index in [-0.39, 0.29) is 6.04 Å². The molecule has 2 bridgehead atoms. The van der Waals surface area contributed by atoms with Crippen LogP contribution in [0.1, 0.15) is 43.7 Å². The van der Waals surface area contributed by atoms with Gasteiger partial charge in [-0.2, -0.15) is 0 Å². The van der Waals surface area contributed by atoms with Crippen molar-refractivity contribution in [2.45, 2.75) is 38.1 Å². The van der Waals surface area contributed by atoms with Crippen molar-refractivity contribution in [2.75, 3.05) is 0 Å². The van der Waals surface area contributed by atoms with E-state index in [0.29, 0.717) is 0 Å². The first-order valence-electron chi connectivity index (χ1n) is 6.33. The Morgan fingerprint density at radius 2 is 2.06 bits per heavy atom. The maximum Gasteiger partial charge on any atom is 0.115 e. The van der Waals surface area contributed by atoms with Crippen molar-refractivity contribution in [3.63, 3.8) is 0 Å². The lowest BCUT2D eigenvalue weighted by Crippen LogP contribution is -2.19. The molecule has 2 aliphatic carbocycles. The molecule has 86 valence electrons. The van der Waals surface area contributed by atoms with Gasteiger partial charge in [-0.05, 0) is 43.4 Å². The molecule has 0 amide bonds. The maximum absolute atomic E-state index is 6.23. The van der Waals surface area contributed by atoms with E-state index in [1.54, 1.807) is 6.33 Å². The van der Waals surface area contributed by atoms with Gasteiger partial charge in [0.1, 0.15) is 6.33 Å². The van der Waals surface area contributed by atoms with Gasteiger partial charge in [0.25, 0.3) is 0 Å². The fourth-order valence-electron chi connectivity index (χ4n) is 3.63. The van der Waals surface area contributed by atoms with Crippen LogP contribution >= 0.6 is 0 Å². The summed E-state index contributed by atoms with van der Waals surface area (Å²) in [6.07, 6.45) is 12.2. The van der Waals surface area contributed by atoms with Crippen molar-refractivity contribution in [3.8, 4) is 0 Å². The maximum atomic E-state index is 6.23. The molecule has 2 saturated carbocycles. The van der Waals surface area contributed by atoms with Crippen LogP contribution in [0.4, 0.5) is 0 Å². The lowest BCUT2D eigenvalue weighted by Gasteiger charge is -2.24. The average Bonchev–Trinajstić information content (AvgIpc) is 2.92. The molecule has 1 heterocycles. The molecule has 4 atom stereocenters. The zero-order valence-electron chi connectivity index (χ0n) is 9.55. The summed E-state index contributed by atoms with van der Waals surface area (Å²) in [6.45, 7) is 0. The highest BCUT2D eigenvalue weighted by molar-refractivity contribution is 5.09. The smallest absolute Gasteiger partial charge is 0.115 e. The van der Waals surface area contributed by atoms with Crippen LogP contribution < -0.4 is 5.73 Å². The Labute approximate surface area is 96.5 Å². The number of hydrogen-bond acceptors (Lipinski definition) is 3. The van der Waals surface area contributed by atoms with Gasteiger partial charge in [0, 0.05) is 24.0 Å². The van der Waals surface area contributed by atoms with Crippen LogP contribution in [0.3, 0.4) is 0 Å². The van der Waals surface area contributed by atoms with Crippen LogP contribution in [0.2, 0.25) is 0 Å². The van der Waals surface area contributed by atoms with E-state index < -0.39 is 0 Å². The molecule has 0 radical (unpaired) electrons. The first-order valence-corrected chi connectivity index (χ1v) is 6.33. The molecule has 4 unspecified atom stereocenters. The summed E-state index contributed by atoms with van der Waals surface area (Å²) in [6, 6.07) is 0.130. The van der Waals surface area contributed by atoms with Gasteiger partial charge in [-0.1, -0.05) is 6.42 Å². The van der Waals surface area contributed by atoms with Gasteiger partial charge < -0.3 is 5.73 Å². The van der Waals surface area contributed by atoms with E-state index in [1.807, 2.05) is 12.4 Å². The number of hydrogen-bond donors (Lipinski definition) is 1. The average molecular weight is 217 g/mol. The van der Waals surface area contributed by atoms with E-state index >= 15 is 0 Å². The van der Waals surface area contributed by atoms with Gasteiger partial charge in [-0.3, -0.25) is 0 Å². The molecule has 2 aliphatic rings. The predicted octanol–water partition coefficient (Wildman–Crippen LogP) is 2.30. The highest BCUT2D eigenvalue weighted by Crippen LogP contribution is 2.50. The van der Waals surface area contributed by atoms with Crippen LogP contribution in [-0.2, 0) is 0 Å². The molecule has 0 aliphatic heterocycles. The minimum atomic E-state index is 0.130. The van der Waals surface area contributed by atoms with Crippen LogP contribution in [0.15, 0.2) is 18.7 Å². The fourth-order valence-corrected chi connectivity index (χ4v) is 3.63. The standard InChI is InChI=1S/C13H19N3/c14-13(12-6-15-8-16-7-12)5-11-4-9-1-2-10(11)3-9/h6-11,13H,1-5,14H2. The summed E-state index contributed by atoms with van der Waals surface area (Å²) in [4.78, 5) is 8.07. The highest BCUT2D eigenvalue weighted by atomic mass is 14.8. The molecular weight excluding hydrogens is 198 g/mol. The minimum absolute atomic E-state index is 0.130. The molecule has 3 heteroatoms. The topological polar surface area (TPSA) is 51.8 Å². The van der Waals surface area contributed by atoms with Crippen LogP contribution in [0.25, 0.3) is 0 Å². The van der Waals surface area contributed by atoms with Crippen molar-refractivity contribution < 1.29 is 0 Å². The summed E-state index contributed by atoms with van der Waals surface area (Å²) in [5.74, 6) is 2.82. The molecule has 3 nitrogen and oxygen atoms in total. The van der Waals surface area contributed by atoms with Crippen LogP contribution in [0.5, 0.6) is 0 Å². The summed E-state index contributed by atoms with van der Waals surface area (Å²) in [5, 5.41) is 0. The Hall–Kier alpha value is -0.960. The Balaban J connectivity index is 1.63. The second-order valence-electron chi connectivity index (χ2n) is 5.45. The number of nitrogens with two attached hydrogens (primary N) is 1. The molecule has 1 aromatic heterocycles. The lowest BCUT2D eigenvalue weighted by atomic mass is 9.83. The van der Waals surface area contributed by atoms with E-state index in [2.05, 4.69) is 9.97 Å². The second-order valence-corrected chi connectivity index (χ2v) is 5.45. The SMILES string of the molecule is NC(CC1CC2CCC1C2)c1cncnc1. The Morgan fingerprint density at radius 1 is 1.25 bits per heavy atom. The largest absolute Gasteiger partial charge is 0.324 e. The van der Waals surface area contributed by atoms with E-state index in [0.717, 1.165) is 29.7 Å². The number of nitrogens with zero attached hydrogens (tertiary/aromatic N) is 2. The third kappa shape index (κ3) is 1.84. The normalized spacial score (nSPS) is 34.2. The first kappa shape index (κ1) is 10.2. The zero-order chi connectivity index (χ0) is 11.0. The van der Waals surface area contributed by atoms with Gasteiger partial charge in [-0.15, -0.1) is 0 Å². The summed E-state index contributed by atoms with van der Waals surface area (Å²) >= 11 is 0.